The summed E-state index contributed by atoms with van der Waals surface area (Å²) in [7, 11) is 0. The van der Waals surface area contributed by atoms with E-state index < -0.39 is 6.10 Å². The lowest BCUT2D eigenvalue weighted by molar-refractivity contribution is -0.383. The highest BCUT2D eigenvalue weighted by molar-refractivity contribution is 7.16. The van der Waals surface area contributed by atoms with Crippen LogP contribution in [0, 0.1) is 10.1 Å². The quantitative estimate of drug-likeness (QED) is 0.677. The number of rotatable bonds is 3. The van der Waals surface area contributed by atoms with Crippen LogP contribution in [0.2, 0.25) is 0 Å². The molecule has 1 N–H and O–H groups in total. The van der Waals surface area contributed by atoms with Crippen LogP contribution in [0.5, 0.6) is 0 Å². The molecule has 1 aromatic rings. The number of nitrogens with zero attached hydrogens (tertiary/aromatic N) is 2. The Morgan fingerprint density at radius 1 is 1.61 bits per heavy atom. The lowest BCUT2D eigenvalue weighted by atomic mass is 10.0. The number of hydrogen-bond donors (Lipinski definition) is 1. The molecule has 2 rings (SSSR count). The Labute approximate surface area is 110 Å². The smallest absolute Gasteiger partial charge is 0.304 e. The summed E-state index contributed by atoms with van der Waals surface area (Å²) in [6.45, 7) is 4.60. The number of aliphatic hydroxyl groups is 1. The molecule has 0 radical (unpaired) electrons. The van der Waals surface area contributed by atoms with Gasteiger partial charge in [0, 0.05) is 23.5 Å². The summed E-state index contributed by atoms with van der Waals surface area (Å²) in [4.78, 5) is 13.5. The largest absolute Gasteiger partial charge is 0.388 e. The first-order valence-electron chi connectivity index (χ1n) is 6.23. The van der Waals surface area contributed by atoms with Gasteiger partial charge in [0.1, 0.15) is 0 Å². The van der Waals surface area contributed by atoms with Crippen LogP contribution < -0.4 is 4.90 Å². The summed E-state index contributed by atoms with van der Waals surface area (Å²) in [5, 5.41) is 21.4. The second-order valence-electron chi connectivity index (χ2n) is 4.81. The van der Waals surface area contributed by atoms with E-state index in [9.17, 15) is 15.2 Å². The third kappa shape index (κ3) is 2.49. The second-order valence-corrected chi connectivity index (χ2v) is 5.87. The molecule has 2 atom stereocenters. The maximum atomic E-state index is 11.1. The van der Waals surface area contributed by atoms with Gasteiger partial charge in [-0.1, -0.05) is 0 Å². The number of nitro groups is 1. The average Bonchev–Trinajstić information content (AvgIpc) is 2.74. The highest BCUT2D eigenvalue weighted by Crippen LogP contribution is 2.42. The zero-order chi connectivity index (χ0) is 13.3. The molecule has 1 unspecified atom stereocenters. The van der Waals surface area contributed by atoms with Crippen molar-refractivity contribution in [2.45, 2.75) is 45.3 Å². The molecule has 1 aromatic heterocycles. The fourth-order valence-corrected chi connectivity index (χ4v) is 3.52. The summed E-state index contributed by atoms with van der Waals surface area (Å²) in [6.07, 6.45) is 2.67. The number of piperidine rings is 1. The highest BCUT2D eigenvalue weighted by Gasteiger charge is 2.29. The van der Waals surface area contributed by atoms with Gasteiger partial charge >= 0.3 is 5.69 Å². The molecule has 1 aliphatic rings. The van der Waals surface area contributed by atoms with Gasteiger partial charge in [-0.15, -0.1) is 11.3 Å². The fraction of sp³-hybridized carbons (Fsp3) is 0.667. The van der Waals surface area contributed by atoms with E-state index in [2.05, 4.69) is 11.8 Å². The van der Waals surface area contributed by atoms with Crippen molar-refractivity contribution in [3.8, 4) is 0 Å². The standard InChI is InChI=1S/C12H18N2O3S/c1-8-5-3-4-6-13(8)12-10(14(16)17)7-11(18-12)9(2)15/h7-9,15H,3-6H2,1-2H3/t8?,9-/m1/s1. The Bertz CT molecular complexity index is 445. The molecule has 0 saturated carbocycles. The van der Waals surface area contributed by atoms with Crippen LogP contribution in [0.15, 0.2) is 6.07 Å². The minimum absolute atomic E-state index is 0.129. The maximum Gasteiger partial charge on any atom is 0.304 e. The van der Waals surface area contributed by atoms with Crippen molar-refractivity contribution in [3.05, 3.63) is 21.1 Å². The number of thiophene rings is 1. The molecule has 1 fully saturated rings. The van der Waals surface area contributed by atoms with Gasteiger partial charge in [0.05, 0.1) is 11.0 Å². The van der Waals surface area contributed by atoms with Crippen LogP contribution in [-0.2, 0) is 0 Å². The van der Waals surface area contributed by atoms with E-state index in [0.717, 1.165) is 19.4 Å². The summed E-state index contributed by atoms with van der Waals surface area (Å²) in [6, 6.07) is 1.84. The number of hydrogen-bond acceptors (Lipinski definition) is 5. The van der Waals surface area contributed by atoms with Crippen molar-refractivity contribution < 1.29 is 10.0 Å². The molecule has 0 amide bonds. The Morgan fingerprint density at radius 2 is 2.33 bits per heavy atom. The zero-order valence-electron chi connectivity index (χ0n) is 10.6. The third-order valence-corrected chi connectivity index (χ3v) is 4.72. The summed E-state index contributed by atoms with van der Waals surface area (Å²) >= 11 is 1.34. The first-order valence-corrected chi connectivity index (χ1v) is 7.05. The van der Waals surface area contributed by atoms with Crippen LogP contribution >= 0.6 is 11.3 Å². The van der Waals surface area contributed by atoms with Crippen molar-refractivity contribution in [2.75, 3.05) is 11.4 Å². The van der Waals surface area contributed by atoms with Gasteiger partial charge in [-0.05, 0) is 33.1 Å². The van der Waals surface area contributed by atoms with Crippen molar-refractivity contribution in [3.63, 3.8) is 0 Å². The molecule has 100 valence electrons. The highest BCUT2D eigenvalue weighted by atomic mass is 32.1. The van der Waals surface area contributed by atoms with E-state index in [-0.39, 0.29) is 10.6 Å². The molecule has 1 aliphatic heterocycles. The SMILES string of the molecule is CC1CCCCN1c1sc([C@@H](C)O)cc1[N+](=O)[O-]. The Balaban J connectivity index is 2.38. The molecule has 0 aliphatic carbocycles. The first kappa shape index (κ1) is 13.3. The van der Waals surface area contributed by atoms with E-state index in [1.165, 1.54) is 23.8 Å². The monoisotopic (exact) mass is 270 g/mol. The van der Waals surface area contributed by atoms with Crippen molar-refractivity contribution >= 4 is 22.0 Å². The Morgan fingerprint density at radius 3 is 2.89 bits per heavy atom. The van der Waals surface area contributed by atoms with Crippen LogP contribution in [0.25, 0.3) is 0 Å². The molecule has 2 heterocycles. The molecule has 5 nitrogen and oxygen atoms in total. The van der Waals surface area contributed by atoms with Crippen molar-refractivity contribution in [2.24, 2.45) is 0 Å². The molecular formula is C12H18N2O3S. The molecular weight excluding hydrogens is 252 g/mol. The summed E-state index contributed by atoms with van der Waals surface area (Å²) < 4.78 is 0. The minimum Gasteiger partial charge on any atom is -0.388 e. The van der Waals surface area contributed by atoms with Crippen LogP contribution in [0.4, 0.5) is 10.7 Å². The topological polar surface area (TPSA) is 66.6 Å². The van der Waals surface area contributed by atoms with Gasteiger partial charge in [0.2, 0.25) is 0 Å². The number of anilines is 1. The third-order valence-electron chi connectivity index (χ3n) is 3.38. The van der Waals surface area contributed by atoms with E-state index in [4.69, 9.17) is 0 Å². The summed E-state index contributed by atoms with van der Waals surface area (Å²) in [5.41, 5.74) is 0.129. The van der Waals surface area contributed by atoms with Crippen molar-refractivity contribution in [1.29, 1.82) is 0 Å². The van der Waals surface area contributed by atoms with Crippen LogP contribution in [0.3, 0.4) is 0 Å². The van der Waals surface area contributed by atoms with Gasteiger partial charge < -0.3 is 10.0 Å². The first-order chi connectivity index (χ1) is 8.50. The predicted molar refractivity (Wildman–Crippen MR) is 72.3 cm³/mol. The minimum atomic E-state index is -0.650. The number of aliphatic hydroxyl groups excluding tert-OH is 1. The van der Waals surface area contributed by atoms with Gasteiger partial charge in [-0.3, -0.25) is 10.1 Å². The van der Waals surface area contributed by atoms with E-state index in [0.29, 0.717) is 15.9 Å². The Hall–Kier alpha value is -1.14. The normalized spacial score (nSPS) is 21.9. The van der Waals surface area contributed by atoms with E-state index in [1.807, 2.05) is 0 Å². The van der Waals surface area contributed by atoms with Gasteiger partial charge in [-0.2, -0.15) is 0 Å². The van der Waals surface area contributed by atoms with E-state index >= 15 is 0 Å². The molecule has 18 heavy (non-hydrogen) atoms. The van der Waals surface area contributed by atoms with Crippen LogP contribution in [-0.4, -0.2) is 22.6 Å². The fourth-order valence-electron chi connectivity index (χ4n) is 2.33. The maximum absolute atomic E-state index is 11.1. The van der Waals surface area contributed by atoms with E-state index in [1.54, 1.807) is 6.92 Å². The molecule has 0 spiro atoms. The predicted octanol–water partition coefficient (Wildman–Crippen LogP) is 3.09. The van der Waals surface area contributed by atoms with Crippen LogP contribution in [0.1, 0.15) is 44.1 Å². The lowest BCUT2D eigenvalue weighted by Gasteiger charge is -2.33. The summed E-state index contributed by atoms with van der Waals surface area (Å²) in [5.74, 6) is 0. The lowest BCUT2D eigenvalue weighted by Crippen LogP contribution is -2.37. The second kappa shape index (κ2) is 5.24. The van der Waals surface area contributed by atoms with Gasteiger partial charge in [-0.25, -0.2) is 0 Å². The molecule has 1 saturated heterocycles. The van der Waals surface area contributed by atoms with Gasteiger partial charge in [0.25, 0.3) is 0 Å². The molecule has 0 bridgehead atoms. The molecule has 6 heteroatoms. The van der Waals surface area contributed by atoms with Gasteiger partial charge in [0.15, 0.2) is 5.00 Å². The molecule has 0 aromatic carbocycles. The van der Waals surface area contributed by atoms with Crippen molar-refractivity contribution in [1.82, 2.24) is 0 Å². The zero-order valence-corrected chi connectivity index (χ0v) is 11.4. The average molecular weight is 270 g/mol. The Kier molecular flexibility index (Phi) is 3.87.